The monoisotopic (exact) mass is 476 g/mol. The summed E-state index contributed by atoms with van der Waals surface area (Å²) in [6.45, 7) is 6.55. The van der Waals surface area contributed by atoms with Crippen molar-refractivity contribution in [2.75, 3.05) is 24.1 Å². The van der Waals surface area contributed by atoms with Crippen LogP contribution in [0.2, 0.25) is 0 Å². The van der Waals surface area contributed by atoms with Crippen LogP contribution in [0.1, 0.15) is 37.7 Å². The Labute approximate surface area is 203 Å². The lowest BCUT2D eigenvalue weighted by Gasteiger charge is -2.24. The fourth-order valence-corrected chi connectivity index (χ4v) is 3.57. The minimum absolute atomic E-state index is 0.162. The van der Waals surface area contributed by atoms with Crippen molar-refractivity contribution in [3.63, 3.8) is 0 Å². The van der Waals surface area contributed by atoms with Gasteiger partial charge in [-0.15, -0.1) is 0 Å². The summed E-state index contributed by atoms with van der Waals surface area (Å²) in [4.78, 5) is 37.5. The van der Waals surface area contributed by atoms with Gasteiger partial charge < -0.3 is 25.4 Å². The van der Waals surface area contributed by atoms with Gasteiger partial charge >= 0.3 is 6.09 Å². The van der Waals surface area contributed by atoms with Gasteiger partial charge in [-0.25, -0.2) is 14.8 Å². The van der Waals surface area contributed by atoms with Gasteiger partial charge in [0.25, 0.3) is 0 Å². The van der Waals surface area contributed by atoms with Gasteiger partial charge in [0.2, 0.25) is 5.95 Å². The second kappa shape index (κ2) is 9.96. The molecule has 1 aliphatic heterocycles. The maximum Gasteiger partial charge on any atom is 0.410 e. The Morgan fingerprint density at radius 1 is 1.20 bits per heavy atom. The third-order valence-electron chi connectivity index (χ3n) is 5.21. The quantitative estimate of drug-likeness (QED) is 0.399. The minimum Gasteiger partial charge on any atom is -0.486 e. The van der Waals surface area contributed by atoms with Gasteiger partial charge in [0.1, 0.15) is 23.1 Å². The third-order valence-corrected chi connectivity index (χ3v) is 5.21. The topological polar surface area (TPSA) is 133 Å². The summed E-state index contributed by atoms with van der Waals surface area (Å²) in [6.07, 6.45) is 4.06. The Morgan fingerprint density at radius 2 is 2.03 bits per heavy atom. The normalized spacial score (nSPS) is 15.5. The highest BCUT2D eigenvalue weighted by Crippen LogP contribution is 2.30. The van der Waals surface area contributed by atoms with Gasteiger partial charge in [0.15, 0.2) is 6.29 Å². The molecule has 4 rings (SSSR count). The van der Waals surface area contributed by atoms with Crippen molar-refractivity contribution in [2.45, 2.75) is 38.9 Å². The molecule has 0 bridgehead atoms. The molecule has 3 N–H and O–H groups in total. The maximum absolute atomic E-state index is 12.3. The van der Waals surface area contributed by atoms with E-state index in [1.165, 1.54) is 6.20 Å². The number of nitrogens with two attached hydrogens (primary N) is 1. The summed E-state index contributed by atoms with van der Waals surface area (Å²) >= 11 is 0. The number of benzene rings is 1. The predicted molar refractivity (Wildman–Crippen MR) is 132 cm³/mol. The van der Waals surface area contributed by atoms with Crippen LogP contribution in [0, 0.1) is 0 Å². The van der Waals surface area contributed by atoms with Gasteiger partial charge in [-0.1, -0.05) is 0 Å². The highest BCUT2D eigenvalue weighted by atomic mass is 16.6. The minimum atomic E-state index is -0.537. The molecule has 0 unspecified atom stereocenters. The second-order valence-corrected chi connectivity index (χ2v) is 9.19. The van der Waals surface area contributed by atoms with E-state index in [0.717, 1.165) is 5.56 Å². The summed E-state index contributed by atoms with van der Waals surface area (Å²) in [7, 11) is 0. The molecule has 2 aromatic heterocycles. The van der Waals surface area contributed by atoms with Crippen molar-refractivity contribution < 1.29 is 19.1 Å². The molecule has 3 aromatic rings. The highest BCUT2D eigenvalue weighted by Gasteiger charge is 2.31. The molecule has 0 spiro atoms. The highest BCUT2D eigenvalue weighted by molar-refractivity contribution is 5.73. The molecule has 1 saturated heterocycles. The number of amides is 1. The van der Waals surface area contributed by atoms with E-state index in [9.17, 15) is 9.59 Å². The van der Waals surface area contributed by atoms with Crippen LogP contribution >= 0.6 is 0 Å². The van der Waals surface area contributed by atoms with E-state index < -0.39 is 5.60 Å². The van der Waals surface area contributed by atoms with Gasteiger partial charge in [-0.3, -0.25) is 9.78 Å². The van der Waals surface area contributed by atoms with E-state index in [2.05, 4.69) is 20.3 Å². The van der Waals surface area contributed by atoms with Crippen LogP contribution in [0.15, 0.2) is 48.8 Å². The number of rotatable bonds is 6. The van der Waals surface area contributed by atoms with E-state index in [1.807, 2.05) is 26.8 Å². The first-order valence-corrected chi connectivity index (χ1v) is 11.3. The first-order valence-electron chi connectivity index (χ1n) is 11.3. The lowest BCUT2D eigenvalue weighted by atomic mass is 10.1. The van der Waals surface area contributed by atoms with Crippen LogP contribution in [-0.4, -0.2) is 57.0 Å². The Hall–Kier alpha value is -4.21. The molecule has 0 saturated carbocycles. The molecule has 0 radical (unpaired) electrons. The van der Waals surface area contributed by atoms with E-state index in [4.69, 9.17) is 15.2 Å². The van der Waals surface area contributed by atoms with E-state index in [0.29, 0.717) is 60.3 Å². The van der Waals surface area contributed by atoms with Gasteiger partial charge in [-0.05, 0) is 57.2 Å². The predicted octanol–water partition coefficient (Wildman–Crippen LogP) is 4.07. The average molecular weight is 477 g/mol. The summed E-state index contributed by atoms with van der Waals surface area (Å²) in [5.74, 6) is 0.939. The van der Waals surface area contributed by atoms with Crippen molar-refractivity contribution in [3.05, 3.63) is 54.5 Å². The number of pyridine rings is 1. The molecule has 1 fully saturated rings. The lowest BCUT2D eigenvalue weighted by molar-refractivity contribution is 0.0276. The molecule has 10 nitrogen and oxygen atoms in total. The van der Waals surface area contributed by atoms with Crippen molar-refractivity contribution in [1.29, 1.82) is 0 Å². The zero-order valence-electron chi connectivity index (χ0n) is 19.9. The number of likely N-dealkylation sites (tertiary alicyclic amines) is 1. The Morgan fingerprint density at radius 3 is 2.71 bits per heavy atom. The fraction of sp³-hybridized carbons (Fsp3) is 0.320. The number of nitrogens with zero attached hydrogens (tertiary/aromatic N) is 4. The second-order valence-electron chi connectivity index (χ2n) is 9.19. The third kappa shape index (κ3) is 6.23. The largest absolute Gasteiger partial charge is 0.486 e. The van der Waals surface area contributed by atoms with E-state index in [1.54, 1.807) is 41.4 Å². The molecule has 1 aromatic carbocycles. The number of anilines is 3. The Balaban J connectivity index is 1.40. The number of hydrogen-bond acceptors (Lipinski definition) is 9. The number of aromatic nitrogens is 3. The van der Waals surface area contributed by atoms with Gasteiger partial charge in [-0.2, -0.15) is 0 Å². The van der Waals surface area contributed by atoms with Crippen LogP contribution in [0.25, 0.3) is 11.3 Å². The van der Waals surface area contributed by atoms with Gasteiger partial charge in [0, 0.05) is 24.7 Å². The van der Waals surface area contributed by atoms with Crippen LogP contribution in [0.4, 0.5) is 22.1 Å². The summed E-state index contributed by atoms with van der Waals surface area (Å²) in [5.41, 5.74) is 8.70. The van der Waals surface area contributed by atoms with E-state index >= 15 is 0 Å². The van der Waals surface area contributed by atoms with Crippen molar-refractivity contribution in [3.8, 4) is 17.0 Å². The van der Waals surface area contributed by atoms with E-state index in [-0.39, 0.29) is 12.2 Å². The smallest absolute Gasteiger partial charge is 0.410 e. The van der Waals surface area contributed by atoms with Crippen LogP contribution in [-0.2, 0) is 4.74 Å². The maximum atomic E-state index is 12.3. The molecule has 10 heteroatoms. The number of nitrogens with one attached hydrogen (secondary N) is 1. The van der Waals surface area contributed by atoms with Crippen molar-refractivity contribution in [1.82, 2.24) is 19.9 Å². The van der Waals surface area contributed by atoms with Crippen LogP contribution in [0.3, 0.4) is 0 Å². The molecule has 1 aliphatic rings. The fourth-order valence-electron chi connectivity index (χ4n) is 3.57. The number of ether oxygens (including phenoxy) is 2. The van der Waals surface area contributed by atoms with Crippen molar-refractivity contribution in [2.24, 2.45) is 0 Å². The van der Waals surface area contributed by atoms with Crippen LogP contribution in [0.5, 0.6) is 5.75 Å². The molecular formula is C25H28N6O4. The standard InChI is InChI=1S/C25H28N6O4/c1-25(2,3)35-24(33)31-11-9-19(14-31)34-22-7-4-16(12-20(22)26)21-8-10-27-23(30-21)29-17-5-6-18(15-32)28-13-17/h4-8,10,12-13,15,19H,9,11,14,26H2,1-3H3,(H,27,29,30)/t19-/m1/s1. The van der Waals surface area contributed by atoms with Crippen LogP contribution < -0.4 is 15.8 Å². The average Bonchev–Trinajstić information content (AvgIpc) is 3.29. The molecular weight excluding hydrogens is 448 g/mol. The molecule has 0 aliphatic carbocycles. The first-order chi connectivity index (χ1) is 16.7. The number of nitrogen functional groups attached to an aromatic ring is 1. The number of carbonyl (C=O) groups is 2. The van der Waals surface area contributed by atoms with Crippen molar-refractivity contribution >= 4 is 29.7 Å². The zero-order chi connectivity index (χ0) is 25.0. The molecule has 35 heavy (non-hydrogen) atoms. The summed E-state index contributed by atoms with van der Waals surface area (Å²) in [5, 5.41) is 3.07. The Bertz CT molecular complexity index is 1210. The number of hydrogen-bond donors (Lipinski definition) is 2. The summed E-state index contributed by atoms with van der Waals surface area (Å²) in [6, 6.07) is 10.6. The number of aldehydes is 1. The first kappa shape index (κ1) is 23.9. The molecule has 3 heterocycles. The molecule has 1 atom stereocenters. The molecule has 182 valence electrons. The zero-order valence-corrected chi connectivity index (χ0v) is 19.9. The summed E-state index contributed by atoms with van der Waals surface area (Å²) < 4.78 is 11.5. The lowest BCUT2D eigenvalue weighted by Crippen LogP contribution is -2.36. The Kier molecular flexibility index (Phi) is 6.81. The molecule has 1 amide bonds. The number of carbonyl (C=O) groups excluding carboxylic acids is 2. The van der Waals surface area contributed by atoms with Gasteiger partial charge in [0.05, 0.1) is 29.8 Å². The SMILES string of the molecule is CC(C)(C)OC(=O)N1CC[C@@H](Oc2ccc(-c3ccnc(Nc4ccc(C=O)nc4)n3)cc2N)C1.